The van der Waals surface area contributed by atoms with Crippen molar-refractivity contribution in [2.45, 2.75) is 37.5 Å². The molecule has 2 aromatic carbocycles. The van der Waals surface area contributed by atoms with Crippen molar-refractivity contribution in [2.75, 3.05) is 18.4 Å². The standard InChI is InChI=1S/C20H23BrN2O3S/c1-15-9-10-16(20(24)22-18-8-6-7-17(21)14-18)13-19(15)27(25,26)23-11-4-2-3-5-12-23/h6-10,13-14H,2-5,11-12H2,1H3,(H,22,24). The summed E-state index contributed by atoms with van der Waals surface area (Å²) in [7, 11) is -3.61. The van der Waals surface area contributed by atoms with Gasteiger partial charge in [-0.25, -0.2) is 8.42 Å². The maximum atomic E-state index is 13.1. The minimum Gasteiger partial charge on any atom is -0.322 e. The van der Waals surface area contributed by atoms with Crippen LogP contribution in [0.3, 0.4) is 0 Å². The van der Waals surface area contributed by atoms with Gasteiger partial charge in [0.2, 0.25) is 10.0 Å². The number of nitrogens with zero attached hydrogens (tertiary/aromatic N) is 1. The number of amides is 1. The first-order chi connectivity index (χ1) is 12.9. The topological polar surface area (TPSA) is 66.5 Å². The molecule has 1 heterocycles. The Bertz CT molecular complexity index is 936. The molecule has 7 heteroatoms. The highest BCUT2D eigenvalue weighted by Gasteiger charge is 2.27. The maximum Gasteiger partial charge on any atom is 0.255 e. The number of halogens is 1. The number of rotatable bonds is 4. The van der Waals surface area contributed by atoms with Crippen LogP contribution >= 0.6 is 15.9 Å². The molecular weight excluding hydrogens is 428 g/mol. The third kappa shape index (κ3) is 4.78. The summed E-state index contributed by atoms with van der Waals surface area (Å²) in [4.78, 5) is 12.8. The monoisotopic (exact) mass is 450 g/mol. The molecular formula is C20H23BrN2O3S. The summed E-state index contributed by atoms with van der Waals surface area (Å²) < 4.78 is 28.7. The molecule has 1 fully saturated rings. The molecule has 27 heavy (non-hydrogen) atoms. The molecule has 0 aliphatic carbocycles. The Morgan fingerprint density at radius 3 is 2.41 bits per heavy atom. The Kier molecular flexibility index (Phi) is 6.34. The molecule has 0 saturated carbocycles. The van der Waals surface area contributed by atoms with Crippen LogP contribution in [0.15, 0.2) is 51.8 Å². The van der Waals surface area contributed by atoms with Gasteiger partial charge in [0.1, 0.15) is 0 Å². The molecule has 5 nitrogen and oxygen atoms in total. The molecule has 1 aliphatic rings. The molecule has 3 rings (SSSR count). The Morgan fingerprint density at radius 2 is 1.74 bits per heavy atom. The van der Waals surface area contributed by atoms with E-state index in [1.165, 1.54) is 6.07 Å². The maximum absolute atomic E-state index is 13.1. The Hall–Kier alpha value is -1.70. The van der Waals surface area contributed by atoms with E-state index >= 15 is 0 Å². The highest BCUT2D eigenvalue weighted by molar-refractivity contribution is 9.10. The summed E-state index contributed by atoms with van der Waals surface area (Å²) in [6, 6.07) is 12.1. The minimum atomic E-state index is -3.61. The second-order valence-corrected chi connectivity index (χ2v) is 9.59. The van der Waals surface area contributed by atoms with Crippen molar-refractivity contribution in [3.05, 3.63) is 58.1 Å². The first-order valence-electron chi connectivity index (χ1n) is 9.05. The van der Waals surface area contributed by atoms with E-state index in [4.69, 9.17) is 0 Å². The zero-order valence-electron chi connectivity index (χ0n) is 15.2. The molecule has 144 valence electrons. The SMILES string of the molecule is Cc1ccc(C(=O)Nc2cccc(Br)c2)cc1S(=O)(=O)N1CCCCCC1. The number of hydrogen-bond acceptors (Lipinski definition) is 3. The van der Waals surface area contributed by atoms with Gasteiger partial charge < -0.3 is 5.32 Å². The molecule has 0 atom stereocenters. The van der Waals surface area contributed by atoms with E-state index in [-0.39, 0.29) is 10.8 Å². The molecule has 0 unspecified atom stereocenters. The highest BCUT2D eigenvalue weighted by Crippen LogP contribution is 2.25. The minimum absolute atomic E-state index is 0.214. The van der Waals surface area contributed by atoms with Gasteiger partial charge >= 0.3 is 0 Å². The second kappa shape index (κ2) is 8.54. The normalized spacial score (nSPS) is 15.9. The van der Waals surface area contributed by atoms with Crippen LogP contribution in [0.1, 0.15) is 41.6 Å². The van der Waals surface area contributed by atoms with Crippen molar-refractivity contribution in [1.82, 2.24) is 4.31 Å². The summed E-state index contributed by atoms with van der Waals surface area (Å²) in [5.74, 6) is -0.333. The van der Waals surface area contributed by atoms with E-state index in [1.807, 2.05) is 12.1 Å². The zero-order chi connectivity index (χ0) is 19.4. The van der Waals surface area contributed by atoms with Crippen molar-refractivity contribution in [2.24, 2.45) is 0 Å². The number of benzene rings is 2. The lowest BCUT2D eigenvalue weighted by atomic mass is 10.1. The van der Waals surface area contributed by atoms with Gasteiger partial charge in [-0.1, -0.05) is 40.9 Å². The molecule has 0 aromatic heterocycles. The number of nitrogens with one attached hydrogen (secondary N) is 1. The predicted octanol–water partition coefficient (Wildman–Crippen LogP) is 4.57. The zero-order valence-corrected chi connectivity index (χ0v) is 17.6. The fraction of sp³-hybridized carbons (Fsp3) is 0.350. The average Bonchev–Trinajstić information content (AvgIpc) is 2.92. The van der Waals surface area contributed by atoms with Gasteiger partial charge in [-0.3, -0.25) is 4.79 Å². The molecule has 1 amide bonds. The number of aryl methyl sites for hydroxylation is 1. The Morgan fingerprint density at radius 1 is 1.04 bits per heavy atom. The van der Waals surface area contributed by atoms with Crippen LogP contribution in [0.2, 0.25) is 0 Å². The molecule has 0 spiro atoms. The molecule has 0 radical (unpaired) electrons. The first kappa shape index (κ1) is 20.0. The number of hydrogen-bond donors (Lipinski definition) is 1. The van der Waals surface area contributed by atoms with Gasteiger partial charge in [0.15, 0.2) is 0 Å². The Balaban J connectivity index is 1.88. The van der Waals surface area contributed by atoms with Crippen LogP contribution < -0.4 is 5.32 Å². The molecule has 1 N–H and O–H groups in total. The van der Waals surface area contributed by atoms with Gasteiger partial charge in [-0.15, -0.1) is 0 Å². The fourth-order valence-corrected chi connectivity index (χ4v) is 5.38. The second-order valence-electron chi connectivity index (χ2n) is 6.76. The summed E-state index contributed by atoms with van der Waals surface area (Å²) in [6.07, 6.45) is 3.86. The molecule has 2 aromatic rings. The van der Waals surface area contributed by atoms with Gasteiger partial charge in [0.05, 0.1) is 4.90 Å². The van der Waals surface area contributed by atoms with E-state index < -0.39 is 10.0 Å². The van der Waals surface area contributed by atoms with Crippen molar-refractivity contribution >= 4 is 37.5 Å². The number of anilines is 1. The third-order valence-electron chi connectivity index (χ3n) is 4.72. The number of carbonyl (C=O) groups excluding carboxylic acids is 1. The van der Waals surface area contributed by atoms with Crippen molar-refractivity contribution < 1.29 is 13.2 Å². The van der Waals surface area contributed by atoms with Gasteiger partial charge in [0, 0.05) is 28.8 Å². The van der Waals surface area contributed by atoms with Crippen LogP contribution in [0.4, 0.5) is 5.69 Å². The number of carbonyl (C=O) groups is 1. The number of sulfonamides is 1. The largest absolute Gasteiger partial charge is 0.322 e. The van der Waals surface area contributed by atoms with Crippen molar-refractivity contribution in [1.29, 1.82) is 0 Å². The molecule has 0 bridgehead atoms. The molecule has 1 aliphatic heterocycles. The summed E-state index contributed by atoms with van der Waals surface area (Å²) in [6.45, 7) is 2.84. The van der Waals surface area contributed by atoms with Crippen LogP contribution in [0.5, 0.6) is 0 Å². The lowest BCUT2D eigenvalue weighted by molar-refractivity contribution is 0.102. The lowest BCUT2D eigenvalue weighted by Crippen LogP contribution is -2.32. The average molecular weight is 451 g/mol. The van der Waals surface area contributed by atoms with Crippen molar-refractivity contribution in [3.8, 4) is 0 Å². The summed E-state index contributed by atoms with van der Waals surface area (Å²) >= 11 is 3.37. The van der Waals surface area contributed by atoms with Crippen LogP contribution in [0.25, 0.3) is 0 Å². The fourth-order valence-electron chi connectivity index (χ4n) is 3.21. The lowest BCUT2D eigenvalue weighted by Gasteiger charge is -2.21. The van der Waals surface area contributed by atoms with Crippen LogP contribution in [-0.4, -0.2) is 31.7 Å². The van der Waals surface area contributed by atoms with Crippen LogP contribution in [0, 0.1) is 6.92 Å². The summed E-state index contributed by atoms with van der Waals surface area (Å²) in [5, 5.41) is 2.81. The Labute approximate surface area is 169 Å². The smallest absolute Gasteiger partial charge is 0.255 e. The van der Waals surface area contributed by atoms with E-state index in [0.717, 1.165) is 30.2 Å². The quantitative estimate of drug-likeness (QED) is 0.741. The van der Waals surface area contributed by atoms with Gasteiger partial charge in [0.25, 0.3) is 5.91 Å². The summed E-state index contributed by atoms with van der Waals surface area (Å²) in [5.41, 5.74) is 1.62. The van der Waals surface area contributed by atoms with E-state index in [0.29, 0.717) is 29.9 Å². The highest BCUT2D eigenvalue weighted by atomic mass is 79.9. The predicted molar refractivity (Wildman–Crippen MR) is 111 cm³/mol. The van der Waals surface area contributed by atoms with Crippen LogP contribution in [-0.2, 0) is 10.0 Å². The van der Waals surface area contributed by atoms with Gasteiger partial charge in [-0.2, -0.15) is 4.31 Å². The molecule has 1 saturated heterocycles. The van der Waals surface area contributed by atoms with E-state index in [1.54, 1.807) is 35.5 Å². The van der Waals surface area contributed by atoms with Crippen molar-refractivity contribution in [3.63, 3.8) is 0 Å². The van der Waals surface area contributed by atoms with E-state index in [2.05, 4.69) is 21.2 Å². The van der Waals surface area contributed by atoms with Gasteiger partial charge in [-0.05, 0) is 55.7 Å². The third-order valence-corrected chi connectivity index (χ3v) is 7.25. The first-order valence-corrected chi connectivity index (χ1v) is 11.3. The van der Waals surface area contributed by atoms with E-state index in [9.17, 15) is 13.2 Å².